The lowest BCUT2D eigenvalue weighted by Crippen LogP contribution is -2.34. The number of nitrogens with one attached hydrogen (secondary N) is 1. The summed E-state index contributed by atoms with van der Waals surface area (Å²) in [6.07, 6.45) is 5.75. The number of hydroxylamine groups is 1. The molecule has 2 rings (SSSR count). The Morgan fingerprint density at radius 1 is 1.22 bits per heavy atom. The lowest BCUT2D eigenvalue weighted by Gasteiger charge is -2.29. The number of Topliss-reactive ketones (excluding diaryl/α,β-unsaturated/α-hetero) is 2. The molecule has 1 fully saturated rings. The molecule has 1 aromatic carbocycles. The molecule has 0 unspecified atom stereocenters. The molecule has 27 heavy (non-hydrogen) atoms. The summed E-state index contributed by atoms with van der Waals surface area (Å²) in [4.78, 5) is 30.4. The maximum absolute atomic E-state index is 12.5. The fraction of sp³-hybridized carbons (Fsp3) is 0.429. The smallest absolute Gasteiger partial charge is 0.168 e. The van der Waals surface area contributed by atoms with E-state index in [2.05, 4.69) is 5.48 Å². The average Bonchev–Trinajstić information content (AvgIpc) is 2.54. The maximum atomic E-state index is 12.5. The lowest BCUT2D eigenvalue weighted by molar-refractivity contribution is -0.127. The van der Waals surface area contributed by atoms with Crippen molar-refractivity contribution in [2.45, 2.75) is 46.5 Å². The third-order valence-electron chi connectivity index (χ3n) is 4.27. The summed E-state index contributed by atoms with van der Waals surface area (Å²) < 4.78 is 0. The first kappa shape index (κ1) is 21.7. The van der Waals surface area contributed by atoms with Crippen LogP contribution in [-0.4, -0.2) is 18.2 Å². The van der Waals surface area contributed by atoms with Crippen LogP contribution in [0.1, 0.15) is 52.0 Å². The van der Waals surface area contributed by atoms with Crippen LogP contribution in [0.15, 0.2) is 35.5 Å². The number of allylic oxidation sites excluding steroid dienone is 2. The number of carbonyl (C=O) groups excluding carboxylic acids is 2. The van der Waals surface area contributed by atoms with E-state index in [0.717, 1.165) is 12.0 Å². The Kier molecular flexibility index (Phi) is 7.66. The number of carbonyl (C=O) groups is 2. The highest BCUT2D eigenvalue weighted by Gasteiger charge is 2.37. The van der Waals surface area contributed by atoms with Crippen molar-refractivity contribution >= 4 is 40.8 Å². The lowest BCUT2D eigenvalue weighted by atomic mass is 9.73. The van der Waals surface area contributed by atoms with Gasteiger partial charge in [-0.15, -0.1) is 0 Å². The highest BCUT2D eigenvalue weighted by molar-refractivity contribution is 6.35. The zero-order valence-corrected chi connectivity index (χ0v) is 17.4. The zero-order chi connectivity index (χ0) is 20.0. The van der Waals surface area contributed by atoms with E-state index >= 15 is 0 Å². The van der Waals surface area contributed by atoms with E-state index in [4.69, 9.17) is 28.0 Å². The van der Waals surface area contributed by atoms with Gasteiger partial charge in [0.15, 0.2) is 11.6 Å². The molecule has 0 aromatic heterocycles. The fourth-order valence-corrected chi connectivity index (χ4v) is 3.54. The van der Waals surface area contributed by atoms with Crippen LogP contribution in [0.2, 0.25) is 10.0 Å². The van der Waals surface area contributed by atoms with E-state index in [1.807, 2.05) is 32.9 Å². The van der Waals surface area contributed by atoms with Crippen molar-refractivity contribution in [1.82, 2.24) is 5.48 Å². The van der Waals surface area contributed by atoms with Gasteiger partial charge in [-0.1, -0.05) is 68.6 Å². The molecule has 0 saturated heterocycles. The first-order valence-electron chi connectivity index (χ1n) is 9.02. The zero-order valence-electron chi connectivity index (χ0n) is 15.9. The Labute approximate surface area is 170 Å². The fourth-order valence-electron chi connectivity index (χ4n) is 3.07. The summed E-state index contributed by atoms with van der Waals surface area (Å²) in [6.45, 7) is 6.13. The minimum Gasteiger partial charge on any atom is -0.294 e. The van der Waals surface area contributed by atoms with Gasteiger partial charge in [-0.05, 0) is 29.5 Å². The van der Waals surface area contributed by atoms with Crippen molar-refractivity contribution in [3.8, 4) is 0 Å². The topological polar surface area (TPSA) is 55.4 Å². The molecule has 1 N–H and O–H groups in total. The van der Waals surface area contributed by atoms with Crippen LogP contribution in [0.3, 0.4) is 0 Å². The first-order valence-corrected chi connectivity index (χ1v) is 9.78. The van der Waals surface area contributed by atoms with Gasteiger partial charge < -0.3 is 0 Å². The van der Waals surface area contributed by atoms with Crippen LogP contribution in [0.25, 0.3) is 6.08 Å². The molecule has 1 aliphatic carbocycles. The number of hydrogen-bond acceptors (Lipinski definition) is 4. The largest absolute Gasteiger partial charge is 0.294 e. The number of halogens is 2. The van der Waals surface area contributed by atoms with Gasteiger partial charge in [0.25, 0.3) is 0 Å². The molecule has 4 nitrogen and oxygen atoms in total. The third kappa shape index (κ3) is 6.20. The Morgan fingerprint density at radius 2 is 1.89 bits per heavy atom. The molecule has 0 radical (unpaired) electrons. The molecule has 1 aliphatic rings. The number of rotatable bonds is 7. The third-order valence-corrected chi connectivity index (χ3v) is 4.83. The minimum atomic E-state index is -0.281. The predicted molar refractivity (Wildman–Crippen MR) is 110 cm³/mol. The molecule has 0 amide bonds. The van der Waals surface area contributed by atoms with E-state index in [1.165, 1.54) is 0 Å². The number of hydrogen-bond donors (Lipinski definition) is 1. The molecule has 0 spiro atoms. The van der Waals surface area contributed by atoms with E-state index < -0.39 is 0 Å². The second-order valence-electron chi connectivity index (χ2n) is 7.45. The van der Waals surface area contributed by atoms with Gasteiger partial charge in [0.2, 0.25) is 0 Å². The minimum absolute atomic E-state index is 0.112. The van der Waals surface area contributed by atoms with E-state index in [9.17, 15) is 9.59 Å². The highest BCUT2D eigenvalue weighted by Crippen LogP contribution is 2.34. The Bertz CT molecular complexity index is 760. The molecule has 0 atom stereocenters. The molecule has 146 valence electrons. The van der Waals surface area contributed by atoms with E-state index in [-0.39, 0.29) is 29.2 Å². The van der Waals surface area contributed by atoms with Gasteiger partial charge in [-0.3, -0.25) is 19.9 Å². The molecule has 0 aliphatic heterocycles. The predicted octanol–water partition coefficient (Wildman–Crippen LogP) is 5.54. The highest BCUT2D eigenvalue weighted by atomic mass is 35.5. The molecule has 0 bridgehead atoms. The maximum Gasteiger partial charge on any atom is 0.168 e. The quantitative estimate of drug-likeness (QED) is 0.278. The van der Waals surface area contributed by atoms with Gasteiger partial charge >= 0.3 is 0 Å². The van der Waals surface area contributed by atoms with Gasteiger partial charge in [-0.2, -0.15) is 0 Å². The Balaban J connectivity index is 2.01. The second-order valence-corrected chi connectivity index (χ2v) is 8.29. The van der Waals surface area contributed by atoms with Crippen LogP contribution < -0.4 is 5.48 Å². The van der Waals surface area contributed by atoms with Crippen LogP contribution in [0.4, 0.5) is 0 Å². The van der Waals surface area contributed by atoms with Crippen molar-refractivity contribution in [3.63, 3.8) is 0 Å². The second kappa shape index (κ2) is 9.54. The Hall–Kier alpha value is -1.62. The summed E-state index contributed by atoms with van der Waals surface area (Å²) in [6, 6.07) is 5.26. The van der Waals surface area contributed by atoms with Crippen LogP contribution in [0, 0.1) is 5.41 Å². The first-order chi connectivity index (χ1) is 12.7. The molecule has 6 heteroatoms. The van der Waals surface area contributed by atoms with Gasteiger partial charge in [-0.25, -0.2) is 0 Å². The molecule has 1 aromatic rings. The Morgan fingerprint density at radius 3 is 2.48 bits per heavy atom. The number of benzene rings is 1. The van der Waals surface area contributed by atoms with Crippen LogP contribution >= 0.6 is 23.2 Å². The van der Waals surface area contributed by atoms with Crippen molar-refractivity contribution in [1.29, 1.82) is 0 Å². The van der Waals surface area contributed by atoms with Crippen molar-refractivity contribution < 1.29 is 14.4 Å². The molecular formula is C21H25Cl2NO3. The molecule has 1 saturated carbocycles. The van der Waals surface area contributed by atoms with Crippen molar-refractivity contribution in [2.75, 3.05) is 6.61 Å². The summed E-state index contributed by atoms with van der Waals surface area (Å²) in [5.41, 5.74) is 4.21. The van der Waals surface area contributed by atoms with Crippen LogP contribution in [-0.2, 0) is 14.4 Å². The van der Waals surface area contributed by atoms with Gasteiger partial charge in [0.1, 0.15) is 0 Å². The summed E-state index contributed by atoms with van der Waals surface area (Å²) in [7, 11) is 0. The normalized spacial score (nSPS) is 16.9. The van der Waals surface area contributed by atoms with E-state index in [0.29, 0.717) is 35.0 Å². The molecule has 0 heterocycles. The average molecular weight is 410 g/mol. The van der Waals surface area contributed by atoms with Gasteiger partial charge in [0.05, 0.1) is 17.9 Å². The van der Waals surface area contributed by atoms with E-state index in [1.54, 1.807) is 18.2 Å². The van der Waals surface area contributed by atoms with Gasteiger partial charge in [0, 0.05) is 22.9 Å². The van der Waals surface area contributed by atoms with Crippen LogP contribution in [0.5, 0.6) is 0 Å². The molecular weight excluding hydrogens is 385 g/mol. The summed E-state index contributed by atoms with van der Waals surface area (Å²) in [5.74, 6) is -0.224. The number of ketones is 2. The monoisotopic (exact) mass is 409 g/mol. The van der Waals surface area contributed by atoms with Crippen molar-refractivity contribution in [2.24, 2.45) is 5.41 Å². The SMILES string of the molecule is CCCC(NOCC=Cc1ccc(Cl)cc1Cl)=C1C(=O)CC(C)(C)CC1=O. The van der Waals surface area contributed by atoms with Crippen molar-refractivity contribution in [3.05, 3.63) is 51.2 Å². The standard InChI is InChI=1S/C21H25Cl2NO3/c1-4-6-17(20-18(25)12-21(2,3)13-19(20)26)24-27-10-5-7-14-8-9-15(22)11-16(14)23/h5,7-9,11,24H,4,6,10,12-13H2,1-3H3. The summed E-state index contributed by atoms with van der Waals surface area (Å²) >= 11 is 12.0. The summed E-state index contributed by atoms with van der Waals surface area (Å²) in [5, 5.41) is 1.14.